The van der Waals surface area contributed by atoms with E-state index in [1.165, 1.54) is 43.5 Å². The van der Waals surface area contributed by atoms with Crippen LogP contribution in [0.2, 0.25) is 10.0 Å². The quantitative estimate of drug-likeness (QED) is 0.632. The maximum absolute atomic E-state index is 13.3. The summed E-state index contributed by atoms with van der Waals surface area (Å²) >= 11 is 12.0. The molecule has 7 nitrogen and oxygen atoms in total. The van der Waals surface area contributed by atoms with Gasteiger partial charge in [0.05, 0.1) is 30.5 Å². The molecule has 0 saturated heterocycles. The zero-order valence-corrected chi connectivity index (χ0v) is 17.6. The average Bonchev–Trinajstić information content (AvgIpc) is 2.67. The molecule has 10 heteroatoms. The van der Waals surface area contributed by atoms with E-state index >= 15 is 0 Å². The molecule has 0 atom stereocenters. The van der Waals surface area contributed by atoms with Gasteiger partial charge in [-0.15, -0.1) is 0 Å². The van der Waals surface area contributed by atoms with Crippen molar-refractivity contribution in [1.82, 2.24) is 0 Å². The van der Waals surface area contributed by atoms with Crippen molar-refractivity contribution < 1.29 is 27.5 Å². The van der Waals surface area contributed by atoms with Crippen molar-refractivity contribution in [2.75, 3.05) is 25.1 Å². The third-order valence-electron chi connectivity index (χ3n) is 3.94. The Morgan fingerprint density at radius 2 is 1.75 bits per heavy atom. The average molecular weight is 446 g/mol. The van der Waals surface area contributed by atoms with Crippen molar-refractivity contribution in [3.8, 4) is 0 Å². The van der Waals surface area contributed by atoms with Gasteiger partial charge in [0.1, 0.15) is 11.4 Å². The molecular formula is C18H17Cl2NO6S. The van der Waals surface area contributed by atoms with Crippen LogP contribution in [0.15, 0.2) is 41.3 Å². The fraction of sp³-hybridized carbons (Fsp3) is 0.222. The van der Waals surface area contributed by atoms with Crippen molar-refractivity contribution in [2.24, 2.45) is 0 Å². The van der Waals surface area contributed by atoms with Crippen molar-refractivity contribution in [3.63, 3.8) is 0 Å². The molecule has 0 radical (unpaired) electrons. The highest BCUT2D eigenvalue weighted by Gasteiger charge is 2.31. The molecule has 0 amide bonds. The van der Waals surface area contributed by atoms with E-state index in [2.05, 4.69) is 4.74 Å². The lowest BCUT2D eigenvalue weighted by molar-refractivity contribution is -0.138. The van der Waals surface area contributed by atoms with Crippen LogP contribution in [-0.2, 0) is 24.3 Å². The van der Waals surface area contributed by atoms with Crippen LogP contribution in [-0.4, -0.2) is 41.1 Å². The van der Waals surface area contributed by atoms with Gasteiger partial charge in [0, 0.05) is 5.02 Å². The number of benzene rings is 2. The molecule has 28 heavy (non-hydrogen) atoms. The van der Waals surface area contributed by atoms with E-state index in [0.29, 0.717) is 5.56 Å². The Labute approximate surface area is 172 Å². The lowest BCUT2D eigenvalue weighted by Gasteiger charge is -2.26. The van der Waals surface area contributed by atoms with Gasteiger partial charge in [-0.3, -0.25) is 9.10 Å². The van der Waals surface area contributed by atoms with Crippen molar-refractivity contribution in [1.29, 1.82) is 0 Å². The molecule has 2 rings (SSSR count). The number of hydrogen-bond donors (Lipinski definition) is 0. The molecule has 0 N–H and O–H groups in total. The van der Waals surface area contributed by atoms with Crippen molar-refractivity contribution in [2.45, 2.75) is 11.8 Å². The fourth-order valence-corrected chi connectivity index (χ4v) is 4.71. The number of rotatable bonds is 6. The smallest absolute Gasteiger partial charge is 0.338 e. The Morgan fingerprint density at radius 1 is 1.07 bits per heavy atom. The van der Waals surface area contributed by atoms with E-state index in [-0.39, 0.29) is 26.2 Å². The summed E-state index contributed by atoms with van der Waals surface area (Å²) in [6.45, 7) is 0.911. The largest absolute Gasteiger partial charge is 0.468 e. The van der Waals surface area contributed by atoms with Crippen LogP contribution in [0.25, 0.3) is 0 Å². The van der Waals surface area contributed by atoms with Crippen LogP contribution in [0.3, 0.4) is 0 Å². The third kappa shape index (κ3) is 4.40. The van der Waals surface area contributed by atoms with Gasteiger partial charge in [0.15, 0.2) is 0 Å². The standard InChI is InChI=1S/C18H17Cl2NO6S/c1-11-13(18(23)27-3)5-4-6-15(11)21(10-17(22)26-2)28(24,25)16-9-12(19)7-8-14(16)20/h4-9H,10H2,1-3H3. The topological polar surface area (TPSA) is 90.0 Å². The Bertz CT molecular complexity index is 1020. The number of methoxy groups -OCH3 is 2. The summed E-state index contributed by atoms with van der Waals surface area (Å²) in [6, 6.07) is 8.39. The van der Waals surface area contributed by atoms with Gasteiger partial charge in [-0.25, -0.2) is 13.2 Å². The number of nitrogens with zero attached hydrogens (tertiary/aromatic N) is 1. The maximum atomic E-state index is 13.3. The molecule has 0 bridgehead atoms. The van der Waals surface area contributed by atoms with E-state index in [1.807, 2.05) is 0 Å². The zero-order valence-electron chi connectivity index (χ0n) is 15.2. The number of hydrogen-bond acceptors (Lipinski definition) is 6. The summed E-state index contributed by atoms with van der Waals surface area (Å²) in [5.41, 5.74) is 0.562. The summed E-state index contributed by atoms with van der Waals surface area (Å²) in [7, 11) is -1.97. The number of esters is 2. The van der Waals surface area contributed by atoms with Crippen molar-refractivity contribution >= 4 is 50.9 Å². The minimum Gasteiger partial charge on any atom is -0.468 e. The summed E-state index contributed by atoms with van der Waals surface area (Å²) in [5.74, 6) is -1.44. The van der Waals surface area contributed by atoms with Crippen LogP contribution in [0, 0.1) is 6.92 Å². The van der Waals surface area contributed by atoms with E-state index in [0.717, 1.165) is 11.4 Å². The Kier molecular flexibility index (Phi) is 6.92. The van der Waals surface area contributed by atoms with E-state index in [9.17, 15) is 18.0 Å². The van der Waals surface area contributed by atoms with Gasteiger partial charge in [0.2, 0.25) is 0 Å². The van der Waals surface area contributed by atoms with E-state index in [1.54, 1.807) is 6.92 Å². The van der Waals surface area contributed by atoms with Gasteiger partial charge in [-0.1, -0.05) is 29.3 Å². The second-order valence-electron chi connectivity index (χ2n) is 5.60. The van der Waals surface area contributed by atoms with Crippen LogP contribution in [0.4, 0.5) is 5.69 Å². The number of anilines is 1. The molecule has 0 unspecified atom stereocenters. The molecule has 2 aromatic carbocycles. The summed E-state index contributed by atoms with van der Waals surface area (Å²) in [4.78, 5) is 23.6. The molecule has 150 valence electrons. The molecule has 0 spiro atoms. The number of carbonyl (C=O) groups excluding carboxylic acids is 2. The predicted molar refractivity (Wildman–Crippen MR) is 106 cm³/mol. The minimum absolute atomic E-state index is 0.0685. The SMILES string of the molecule is COC(=O)CN(c1cccc(C(=O)OC)c1C)S(=O)(=O)c1cc(Cl)ccc1Cl. The lowest BCUT2D eigenvalue weighted by Crippen LogP contribution is -2.37. The van der Waals surface area contributed by atoms with Crippen LogP contribution in [0.5, 0.6) is 0 Å². The normalized spacial score (nSPS) is 11.0. The molecule has 0 aliphatic carbocycles. The molecule has 0 aliphatic rings. The first kappa shape index (κ1) is 22.0. The maximum Gasteiger partial charge on any atom is 0.338 e. The van der Waals surface area contributed by atoms with Gasteiger partial charge in [-0.05, 0) is 42.8 Å². The molecule has 0 aliphatic heterocycles. The van der Waals surface area contributed by atoms with E-state index < -0.39 is 28.5 Å². The highest BCUT2D eigenvalue weighted by atomic mass is 35.5. The van der Waals surface area contributed by atoms with Crippen molar-refractivity contribution in [3.05, 3.63) is 57.6 Å². The number of halogens is 2. The number of ether oxygens (including phenoxy) is 2. The minimum atomic E-state index is -4.32. The summed E-state index contributed by atoms with van der Waals surface area (Å²) < 4.78 is 36.8. The zero-order chi connectivity index (χ0) is 21.1. The first-order chi connectivity index (χ1) is 13.1. The molecule has 0 heterocycles. The van der Waals surface area contributed by atoms with Gasteiger partial charge >= 0.3 is 11.9 Å². The van der Waals surface area contributed by atoms with E-state index in [4.69, 9.17) is 27.9 Å². The second kappa shape index (κ2) is 8.81. The highest BCUT2D eigenvalue weighted by Crippen LogP contribution is 2.33. The number of sulfonamides is 1. The predicted octanol–water partition coefficient (Wildman–Crippen LogP) is 3.46. The molecular weight excluding hydrogens is 429 g/mol. The first-order valence-corrected chi connectivity index (χ1v) is 10.1. The summed E-state index contributed by atoms with van der Waals surface area (Å²) in [6.07, 6.45) is 0. The second-order valence-corrected chi connectivity index (χ2v) is 8.28. The highest BCUT2D eigenvalue weighted by molar-refractivity contribution is 7.93. The van der Waals surface area contributed by atoms with Crippen LogP contribution in [0.1, 0.15) is 15.9 Å². The van der Waals surface area contributed by atoms with Gasteiger partial charge in [-0.2, -0.15) is 0 Å². The molecule has 0 aromatic heterocycles. The van der Waals surface area contributed by atoms with Gasteiger partial charge in [0.25, 0.3) is 10.0 Å². The van der Waals surface area contributed by atoms with Crippen LogP contribution < -0.4 is 4.31 Å². The Balaban J connectivity index is 2.72. The van der Waals surface area contributed by atoms with Crippen LogP contribution >= 0.6 is 23.2 Å². The fourth-order valence-electron chi connectivity index (χ4n) is 2.50. The molecule has 0 fully saturated rings. The summed E-state index contributed by atoms with van der Waals surface area (Å²) in [5, 5.41) is 0.0852. The first-order valence-electron chi connectivity index (χ1n) is 7.86. The number of carbonyl (C=O) groups is 2. The lowest BCUT2D eigenvalue weighted by atomic mass is 10.1. The third-order valence-corrected chi connectivity index (χ3v) is 6.42. The van der Waals surface area contributed by atoms with Gasteiger partial charge < -0.3 is 9.47 Å². The molecule has 2 aromatic rings. The Hall–Kier alpha value is -2.29. The Morgan fingerprint density at radius 3 is 2.36 bits per heavy atom. The molecule has 0 saturated carbocycles. The monoisotopic (exact) mass is 445 g/mol.